The maximum atomic E-state index is 13.1. The number of hydrogen-bond acceptors (Lipinski definition) is 3. The zero-order valence-electron chi connectivity index (χ0n) is 13.2. The maximum Gasteiger partial charge on any atom is 0.328 e. The number of methoxy groups -OCH3 is 1. The number of amides is 1. The molecule has 1 aromatic carbocycles. The van der Waals surface area contributed by atoms with E-state index in [1.807, 2.05) is 30.0 Å². The number of piperidine rings is 1. The van der Waals surface area contributed by atoms with E-state index in [0.29, 0.717) is 0 Å². The molecule has 3 atom stereocenters. The molecule has 0 aromatic heterocycles. The minimum absolute atomic E-state index is 0.112. The first kappa shape index (κ1) is 15.1. The number of benzene rings is 1. The number of hydrogen-bond donors (Lipinski definition) is 0. The Bertz CT molecular complexity index is 571. The smallest absolute Gasteiger partial charge is 0.328 e. The van der Waals surface area contributed by atoms with Crippen LogP contribution in [0.5, 0.6) is 0 Å². The molecule has 2 unspecified atom stereocenters. The third-order valence-corrected chi connectivity index (χ3v) is 5.19. The van der Waals surface area contributed by atoms with Crippen LogP contribution >= 0.6 is 0 Å². The minimum Gasteiger partial charge on any atom is -0.467 e. The lowest BCUT2D eigenvalue weighted by molar-refractivity contribution is -0.159. The highest BCUT2D eigenvalue weighted by molar-refractivity contribution is 5.89. The van der Waals surface area contributed by atoms with Crippen LogP contribution in [0.3, 0.4) is 0 Å². The van der Waals surface area contributed by atoms with Crippen molar-refractivity contribution in [2.45, 2.75) is 51.1 Å². The second kappa shape index (κ2) is 5.75. The summed E-state index contributed by atoms with van der Waals surface area (Å²) in [5.41, 5.74) is 0.750. The van der Waals surface area contributed by atoms with Gasteiger partial charge in [-0.05, 0) is 37.7 Å². The molecule has 1 aromatic rings. The molecule has 3 rings (SSSR count). The van der Waals surface area contributed by atoms with Crippen LogP contribution in [-0.2, 0) is 20.7 Å². The van der Waals surface area contributed by atoms with E-state index in [9.17, 15) is 9.59 Å². The van der Waals surface area contributed by atoms with Gasteiger partial charge in [-0.1, -0.05) is 37.3 Å². The highest BCUT2D eigenvalue weighted by Gasteiger charge is 2.51. The molecule has 2 aliphatic rings. The van der Waals surface area contributed by atoms with E-state index in [-0.39, 0.29) is 17.9 Å². The summed E-state index contributed by atoms with van der Waals surface area (Å²) in [4.78, 5) is 26.9. The lowest BCUT2D eigenvalue weighted by Gasteiger charge is -2.43. The molecule has 0 radical (unpaired) electrons. The molecule has 0 N–H and O–H groups in total. The van der Waals surface area contributed by atoms with Gasteiger partial charge in [-0.2, -0.15) is 0 Å². The summed E-state index contributed by atoms with van der Waals surface area (Å²) in [5.74, 6) is -0.166. The SMILES string of the molecule is COC(=O)C1CCC2CC[C@@](C)(Cc3ccccc3)C(=O)N21. The van der Waals surface area contributed by atoms with Gasteiger partial charge in [-0.3, -0.25) is 4.79 Å². The molecule has 4 nitrogen and oxygen atoms in total. The first-order chi connectivity index (χ1) is 10.5. The van der Waals surface area contributed by atoms with Crippen LogP contribution in [0.1, 0.15) is 38.2 Å². The van der Waals surface area contributed by atoms with Crippen molar-refractivity contribution in [2.24, 2.45) is 5.41 Å². The van der Waals surface area contributed by atoms with Gasteiger partial charge in [-0.15, -0.1) is 0 Å². The van der Waals surface area contributed by atoms with Crippen molar-refractivity contribution in [2.75, 3.05) is 7.11 Å². The summed E-state index contributed by atoms with van der Waals surface area (Å²) in [6, 6.07) is 9.93. The fourth-order valence-corrected chi connectivity index (χ4v) is 3.96. The lowest BCUT2D eigenvalue weighted by atomic mass is 9.74. The van der Waals surface area contributed by atoms with Crippen LogP contribution in [0, 0.1) is 5.41 Å². The van der Waals surface area contributed by atoms with Crippen LogP contribution in [-0.4, -0.2) is 36.0 Å². The largest absolute Gasteiger partial charge is 0.467 e. The molecular formula is C18H23NO3. The zero-order valence-corrected chi connectivity index (χ0v) is 13.2. The molecule has 4 heteroatoms. The lowest BCUT2D eigenvalue weighted by Crippen LogP contribution is -2.55. The summed E-state index contributed by atoms with van der Waals surface area (Å²) in [7, 11) is 1.40. The van der Waals surface area contributed by atoms with Crippen molar-refractivity contribution >= 4 is 11.9 Å². The molecule has 2 aliphatic heterocycles. The molecule has 0 bridgehead atoms. The average Bonchev–Trinajstić information content (AvgIpc) is 2.96. The number of ether oxygens (including phenoxy) is 1. The number of esters is 1. The molecule has 1 amide bonds. The molecule has 0 aliphatic carbocycles. The Hall–Kier alpha value is -1.84. The standard InChI is InChI=1S/C18H23NO3/c1-18(12-13-6-4-3-5-7-13)11-10-14-8-9-15(16(20)22-2)19(14)17(18)21/h3-7,14-15H,8-12H2,1-2H3/t14?,15?,18-/m0/s1. The van der Waals surface area contributed by atoms with Crippen molar-refractivity contribution in [3.05, 3.63) is 35.9 Å². The van der Waals surface area contributed by atoms with Gasteiger partial charge in [0.25, 0.3) is 0 Å². The van der Waals surface area contributed by atoms with E-state index in [2.05, 4.69) is 12.1 Å². The first-order valence-corrected chi connectivity index (χ1v) is 8.00. The van der Waals surface area contributed by atoms with Crippen molar-refractivity contribution < 1.29 is 14.3 Å². The van der Waals surface area contributed by atoms with Gasteiger partial charge in [0.15, 0.2) is 0 Å². The minimum atomic E-state index is -0.422. The predicted molar refractivity (Wildman–Crippen MR) is 83.2 cm³/mol. The van der Waals surface area contributed by atoms with Gasteiger partial charge in [-0.25, -0.2) is 4.79 Å². The van der Waals surface area contributed by atoms with Crippen molar-refractivity contribution in [3.63, 3.8) is 0 Å². The molecule has 0 saturated carbocycles. The molecule has 2 saturated heterocycles. The van der Waals surface area contributed by atoms with Gasteiger partial charge in [0.05, 0.1) is 12.5 Å². The predicted octanol–water partition coefficient (Wildman–Crippen LogP) is 2.56. The number of rotatable bonds is 3. The van der Waals surface area contributed by atoms with Crippen LogP contribution in [0.2, 0.25) is 0 Å². The number of fused-ring (bicyclic) bond motifs is 1. The van der Waals surface area contributed by atoms with Crippen LogP contribution in [0.25, 0.3) is 0 Å². The zero-order chi connectivity index (χ0) is 15.7. The van der Waals surface area contributed by atoms with Gasteiger partial charge >= 0.3 is 5.97 Å². The van der Waals surface area contributed by atoms with E-state index in [1.54, 1.807) is 0 Å². The topological polar surface area (TPSA) is 46.6 Å². The normalized spacial score (nSPS) is 31.0. The maximum absolute atomic E-state index is 13.1. The highest BCUT2D eigenvalue weighted by Crippen LogP contribution is 2.42. The quantitative estimate of drug-likeness (QED) is 0.806. The third-order valence-electron chi connectivity index (χ3n) is 5.19. The van der Waals surface area contributed by atoms with Crippen molar-refractivity contribution in [1.82, 2.24) is 4.90 Å². The van der Waals surface area contributed by atoms with Crippen LogP contribution in [0.4, 0.5) is 0 Å². The molecule has 118 valence electrons. The molecule has 2 heterocycles. The fraction of sp³-hybridized carbons (Fsp3) is 0.556. The molecular weight excluding hydrogens is 278 g/mol. The second-order valence-electron chi connectivity index (χ2n) is 6.74. The molecule has 2 fully saturated rings. The number of carbonyl (C=O) groups excluding carboxylic acids is 2. The van der Waals surface area contributed by atoms with E-state index >= 15 is 0 Å². The Morgan fingerprint density at radius 3 is 2.68 bits per heavy atom. The van der Waals surface area contributed by atoms with Gasteiger partial charge < -0.3 is 9.64 Å². The third kappa shape index (κ3) is 2.51. The van der Waals surface area contributed by atoms with Gasteiger partial charge in [0.1, 0.15) is 6.04 Å². The summed E-state index contributed by atoms with van der Waals surface area (Å²) in [5, 5.41) is 0. The van der Waals surface area contributed by atoms with Gasteiger partial charge in [0.2, 0.25) is 5.91 Å². The van der Waals surface area contributed by atoms with Crippen molar-refractivity contribution in [3.8, 4) is 0 Å². The van der Waals surface area contributed by atoms with E-state index in [4.69, 9.17) is 4.74 Å². The molecule has 0 spiro atoms. The summed E-state index contributed by atoms with van der Waals surface area (Å²) in [6.07, 6.45) is 4.22. The summed E-state index contributed by atoms with van der Waals surface area (Å²) < 4.78 is 4.89. The van der Waals surface area contributed by atoms with E-state index in [1.165, 1.54) is 12.7 Å². The van der Waals surface area contributed by atoms with E-state index < -0.39 is 11.5 Å². The Morgan fingerprint density at radius 1 is 1.27 bits per heavy atom. The summed E-state index contributed by atoms with van der Waals surface area (Å²) in [6.45, 7) is 2.03. The average molecular weight is 301 g/mol. The summed E-state index contributed by atoms with van der Waals surface area (Å²) >= 11 is 0. The van der Waals surface area contributed by atoms with Crippen molar-refractivity contribution in [1.29, 1.82) is 0 Å². The molecule has 22 heavy (non-hydrogen) atoms. The first-order valence-electron chi connectivity index (χ1n) is 8.00. The Morgan fingerprint density at radius 2 is 2.00 bits per heavy atom. The highest BCUT2D eigenvalue weighted by atomic mass is 16.5. The Kier molecular flexibility index (Phi) is 3.94. The van der Waals surface area contributed by atoms with Crippen LogP contribution < -0.4 is 0 Å². The number of carbonyl (C=O) groups is 2. The monoisotopic (exact) mass is 301 g/mol. The second-order valence-corrected chi connectivity index (χ2v) is 6.74. The number of nitrogens with zero attached hydrogens (tertiary/aromatic N) is 1. The van der Waals surface area contributed by atoms with E-state index in [0.717, 1.165) is 32.1 Å². The fourth-order valence-electron chi connectivity index (χ4n) is 3.96. The van der Waals surface area contributed by atoms with Gasteiger partial charge in [0, 0.05) is 6.04 Å². The Labute approximate surface area is 131 Å². The van der Waals surface area contributed by atoms with Crippen LogP contribution in [0.15, 0.2) is 30.3 Å². The Balaban J connectivity index is 1.83.